The molecule has 2 aromatic rings. The third-order valence-corrected chi connectivity index (χ3v) is 5.44. The van der Waals surface area contributed by atoms with Gasteiger partial charge in [0.2, 0.25) is 0 Å². The Morgan fingerprint density at radius 3 is 2.75 bits per heavy atom. The van der Waals surface area contributed by atoms with Crippen LogP contribution in [0.1, 0.15) is 42.5 Å². The van der Waals surface area contributed by atoms with E-state index in [0.717, 1.165) is 48.8 Å². The van der Waals surface area contributed by atoms with Crippen molar-refractivity contribution in [1.82, 2.24) is 10.2 Å². The van der Waals surface area contributed by atoms with E-state index < -0.39 is 0 Å². The molecule has 0 saturated carbocycles. The van der Waals surface area contributed by atoms with Gasteiger partial charge in [-0.15, -0.1) is 0 Å². The van der Waals surface area contributed by atoms with Crippen LogP contribution in [-0.2, 0) is 0 Å². The standard InChI is InChI=1S/C23H32N2O3/c1-16(2)19-14-21(26)17(3)13-23(19)28-12-11-25-10-9-24-15-20(25)18-7-5-6-8-22(18)27-4/h5-8,13-14,16,20,24,26H,9-12,15H2,1-4H3. The molecular formula is C23H32N2O3. The van der Waals surface area contributed by atoms with Crippen LogP contribution in [-0.4, -0.2) is 49.9 Å². The summed E-state index contributed by atoms with van der Waals surface area (Å²) in [6.45, 7) is 10.4. The van der Waals surface area contributed by atoms with Gasteiger partial charge in [0, 0.05) is 37.3 Å². The molecule has 1 fully saturated rings. The molecule has 1 aliphatic rings. The van der Waals surface area contributed by atoms with E-state index in [1.54, 1.807) is 7.11 Å². The summed E-state index contributed by atoms with van der Waals surface area (Å²) >= 11 is 0. The summed E-state index contributed by atoms with van der Waals surface area (Å²) in [5.74, 6) is 2.42. The Morgan fingerprint density at radius 2 is 2.00 bits per heavy atom. The van der Waals surface area contributed by atoms with Crippen LogP contribution in [0.25, 0.3) is 0 Å². The summed E-state index contributed by atoms with van der Waals surface area (Å²) < 4.78 is 11.8. The number of phenols is 1. The summed E-state index contributed by atoms with van der Waals surface area (Å²) in [5.41, 5.74) is 3.10. The summed E-state index contributed by atoms with van der Waals surface area (Å²) in [5, 5.41) is 13.5. The van der Waals surface area contributed by atoms with Gasteiger partial charge in [0.1, 0.15) is 23.9 Å². The zero-order chi connectivity index (χ0) is 20.1. The number of benzene rings is 2. The summed E-state index contributed by atoms with van der Waals surface area (Å²) in [4.78, 5) is 2.46. The van der Waals surface area contributed by atoms with Crippen molar-refractivity contribution >= 4 is 0 Å². The molecule has 5 nitrogen and oxygen atoms in total. The van der Waals surface area contributed by atoms with Crippen molar-refractivity contribution in [2.24, 2.45) is 0 Å². The van der Waals surface area contributed by atoms with Crippen molar-refractivity contribution in [2.75, 3.05) is 39.9 Å². The number of phenolic OH excluding ortho intramolecular Hbond substituents is 1. The van der Waals surface area contributed by atoms with E-state index in [0.29, 0.717) is 18.3 Å². The fourth-order valence-electron chi connectivity index (χ4n) is 3.80. The molecule has 5 heteroatoms. The van der Waals surface area contributed by atoms with Crippen LogP contribution in [0.4, 0.5) is 0 Å². The number of aryl methyl sites for hydroxylation is 1. The van der Waals surface area contributed by atoms with Crippen LogP contribution in [0.15, 0.2) is 36.4 Å². The molecule has 0 bridgehead atoms. The highest BCUT2D eigenvalue weighted by molar-refractivity contribution is 5.46. The highest BCUT2D eigenvalue weighted by Crippen LogP contribution is 2.33. The van der Waals surface area contributed by atoms with Crippen LogP contribution in [0, 0.1) is 6.92 Å². The lowest BCUT2D eigenvalue weighted by molar-refractivity contribution is 0.131. The van der Waals surface area contributed by atoms with Gasteiger partial charge in [-0.1, -0.05) is 32.0 Å². The number of para-hydroxylation sites is 1. The lowest BCUT2D eigenvalue weighted by atomic mass is 10.00. The molecular weight excluding hydrogens is 352 g/mol. The van der Waals surface area contributed by atoms with Gasteiger partial charge < -0.3 is 19.9 Å². The predicted octanol–water partition coefficient (Wildman–Crippen LogP) is 3.86. The molecule has 1 heterocycles. The molecule has 152 valence electrons. The third kappa shape index (κ3) is 4.59. The number of ether oxygens (including phenoxy) is 2. The van der Waals surface area contributed by atoms with E-state index in [1.807, 2.05) is 31.2 Å². The number of aromatic hydroxyl groups is 1. The van der Waals surface area contributed by atoms with Crippen LogP contribution in [0.2, 0.25) is 0 Å². The zero-order valence-electron chi connectivity index (χ0n) is 17.4. The van der Waals surface area contributed by atoms with Crippen molar-refractivity contribution in [3.05, 3.63) is 53.1 Å². The molecule has 28 heavy (non-hydrogen) atoms. The third-order valence-electron chi connectivity index (χ3n) is 5.44. The van der Waals surface area contributed by atoms with Gasteiger partial charge in [0.25, 0.3) is 0 Å². The lowest BCUT2D eigenvalue weighted by Gasteiger charge is -2.37. The summed E-state index contributed by atoms with van der Waals surface area (Å²) in [6.07, 6.45) is 0. The Hall–Kier alpha value is -2.24. The van der Waals surface area contributed by atoms with Crippen LogP contribution < -0.4 is 14.8 Å². The molecule has 1 saturated heterocycles. The van der Waals surface area contributed by atoms with Crippen molar-refractivity contribution in [2.45, 2.75) is 32.7 Å². The Labute approximate surface area is 168 Å². The van der Waals surface area contributed by atoms with Gasteiger partial charge in [0.15, 0.2) is 0 Å². The smallest absolute Gasteiger partial charge is 0.123 e. The first-order valence-electron chi connectivity index (χ1n) is 10.0. The molecule has 2 N–H and O–H groups in total. The van der Waals surface area contributed by atoms with Gasteiger partial charge in [-0.25, -0.2) is 0 Å². The van der Waals surface area contributed by atoms with Gasteiger partial charge >= 0.3 is 0 Å². The molecule has 2 aromatic carbocycles. The van der Waals surface area contributed by atoms with E-state index in [-0.39, 0.29) is 6.04 Å². The van der Waals surface area contributed by atoms with Gasteiger partial charge in [0.05, 0.1) is 13.2 Å². The quantitative estimate of drug-likeness (QED) is 0.759. The number of nitrogens with one attached hydrogen (secondary N) is 1. The Morgan fingerprint density at radius 1 is 1.21 bits per heavy atom. The number of hydrogen-bond acceptors (Lipinski definition) is 5. The zero-order valence-corrected chi connectivity index (χ0v) is 17.4. The van der Waals surface area contributed by atoms with Gasteiger partial charge in [-0.05, 0) is 36.6 Å². The van der Waals surface area contributed by atoms with Crippen LogP contribution in [0.5, 0.6) is 17.2 Å². The van der Waals surface area contributed by atoms with E-state index in [9.17, 15) is 5.11 Å². The second kappa shape index (κ2) is 9.30. The van der Waals surface area contributed by atoms with Crippen LogP contribution >= 0.6 is 0 Å². The molecule has 1 atom stereocenters. The summed E-state index contributed by atoms with van der Waals surface area (Å²) in [7, 11) is 1.73. The minimum absolute atomic E-state index is 0.264. The Bertz CT molecular complexity index is 791. The first kappa shape index (κ1) is 20.5. The largest absolute Gasteiger partial charge is 0.508 e. The average molecular weight is 385 g/mol. The van der Waals surface area contributed by atoms with Gasteiger partial charge in [-0.3, -0.25) is 4.90 Å². The fraction of sp³-hybridized carbons (Fsp3) is 0.478. The van der Waals surface area contributed by atoms with Crippen molar-refractivity contribution in [3.63, 3.8) is 0 Å². The molecule has 0 radical (unpaired) electrons. The number of hydrogen-bond donors (Lipinski definition) is 2. The number of methoxy groups -OCH3 is 1. The topological polar surface area (TPSA) is 54.0 Å². The molecule has 0 amide bonds. The highest BCUT2D eigenvalue weighted by Gasteiger charge is 2.26. The SMILES string of the molecule is COc1ccccc1C1CNCCN1CCOc1cc(C)c(O)cc1C(C)C. The van der Waals surface area contributed by atoms with E-state index in [1.165, 1.54) is 5.56 Å². The van der Waals surface area contributed by atoms with E-state index in [4.69, 9.17) is 9.47 Å². The minimum atomic E-state index is 0.264. The predicted molar refractivity (Wildman–Crippen MR) is 113 cm³/mol. The first-order chi connectivity index (χ1) is 13.5. The second-order valence-corrected chi connectivity index (χ2v) is 7.68. The maximum absolute atomic E-state index is 10.0. The molecule has 0 aromatic heterocycles. The van der Waals surface area contributed by atoms with Crippen molar-refractivity contribution in [1.29, 1.82) is 0 Å². The van der Waals surface area contributed by atoms with E-state index >= 15 is 0 Å². The highest BCUT2D eigenvalue weighted by atomic mass is 16.5. The van der Waals surface area contributed by atoms with Crippen molar-refractivity contribution < 1.29 is 14.6 Å². The number of piperazine rings is 1. The van der Waals surface area contributed by atoms with Crippen molar-refractivity contribution in [3.8, 4) is 17.2 Å². The number of rotatable bonds is 7. The monoisotopic (exact) mass is 384 g/mol. The minimum Gasteiger partial charge on any atom is -0.508 e. The van der Waals surface area contributed by atoms with E-state index in [2.05, 4.69) is 36.2 Å². The van der Waals surface area contributed by atoms with Crippen LogP contribution in [0.3, 0.4) is 0 Å². The maximum atomic E-state index is 10.0. The lowest BCUT2D eigenvalue weighted by Crippen LogP contribution is -2.47. The normalized spacial score (nSPS) is 17.7. The second-order valence-electron chi connectivity index (χ2n) is 7.68. The number of nitrogens with zero attached hydrogens (tertiary/aromatic N) is 1. The Kier molecular flexibility index (Phi) is 6.81. The molecule has 1 aliphatic heterocycles. The molecule has 0 spiro atoms. The molecule has 3 rings (SSSR count). The summed E-state index contributed by atoms with van der Waals surface area (Å²) in [6, 6.07) is 12.3. The van der Waals surface area contributed by atoms with Gasteiger partial charge in [-0.2, -0.15) is 0 Å². The Balaban J connectivity index is 1.70. The molecule has 0 aliphatic carbocycles. The average Bonchev–Trinajstić information content (AvgIpc) is 2.70. The molecule has 1 unspecified atom stereocenters. The maximum Gasteiger partial charge on any atom is 0.123 e. The first-order valence-corrected chi connectivity index (χ1v) is 10.0. The fourth-order valence-corrected chi connectivity index (χ4v) is 3.80.